The van der Waals surface area contributed by atoms with Crippen molar-refractivity contribution in [3.05, 3.63) is 60.8 Å². The van der Waals surface area contributed by atoms with E-state index >= 15 is 0 Å². The quantitative estimate of drug-likeness (QED) is 0.741. The average molecular weight is 231 g/mol. The number of hydrogen-bond donors (Lipinski definition) is 0. The van der Waals surface area contributed by atoms with Gasteiger partial charge in [-0.3, -0.25) is 4.79 Å². The highest BCUT2D eigenvalue weighted by atomic mass is 32.2. The van der Waals surface area contributed by atoms with Gasteiger partial charge in [-0.1, -0.05) is 54.7 Å². The SMILES string of the molecule is C=CC=CN1C(=O)SC[C@@H]1c1ccccc1. The molecule has 1 heterocycles. The van der Waals surface area contributed by atoms with E-state index in [1.165, 1.54) is 17.3 Å². The van der Waals surface area contributed by atoms with Gasteiger partial charge >= 0.3 is 0 Å². The van der Waals surface area contributed by atoms with E-state index in [-0.39, 0.29) is 11.3 Å². The largest absolute Gasteiger partial charge is 0.302 e. The Morgan fingerprint density at radius 1 is 1.38 bits per heavy atom. The molecule has 0 aliphatic carbocycles. The predicted molar refractivity (Wildman–Crippen MR) is 68.2 cm³/mol. The van der Waals surface area contributed by atoms with Crippen molar-refractivity contribution in [2.45, 2.75) is 6.04 Å². The fourth-order valence-electron chi connectivity index (χ4n) is 1.68. The molecule has 0 N–H and O–H groups in total. The Balaban J connectivity index is 2.24. The fourth-order valence-corrected chi connectivity index (χ4v) is 2.67. The summed E-state index contributed by atoms with van der Waals surface area (Å²) >= 11 is 1.36. The molecule has 1 atom stereocenters. The first kappa shape index (κ1) is 11.0. The number of amides is 1. The Hall–Kier alpha value is -1.48. The van der Waals surface area contributed by atoms with E-state index in [1.54, 1.807) is 23.3 Å². The van der Waals surface area contributed by atoms with Gasteiger partial charge in [0.1, 0.15) is 0 Å². The van der Waals surface area contributed by atoms with Crippen molar-refractivity contribution in [1.29, 1.82) is 0 Å². The molecule has 16 heavy (non-hydrogen) atoms. The molecule has 82 valence electrons. The summed E-state index contributed by atoms with van der Waals surface area (Å²) in [6.07, 6.45) is 5.27. The summed E-state index contributed by atoms with van der Waals surface area (Å²) in [5, 5.41) is 0.104. The zero-order chi connectivity index (χ0) is 11.4. The molecule has 1 saturated heterocycles. The van der Waals surface area contributed by atoms with Crippen molar-refractivity contribution >= 4 is 17.0 Å². The minimum absolute atomic E-state index is 0.104. The van der Waals surface area contributed by atoms with Crippen LogP contribution in [0.25, 0.3) is 0 Å². The van der Waals surface area contributed by atoms with Gasteiger partial charge in [0, 0.05) is 12.0 Å². The number of hydrogen-bond acceptors (Lipinski definition) is 2. The van der Waals surface area contributed by atoms with Crippen LogP contribution in [0.3, 0.4) is 0 Å². The molecule has 0 spiro atoms. The Morgan fingerprint density at radius 3 is 2.81 bits per heavy atom. The first-order valence-electron chi connectivity index (χ1n) is 5.12. The van der Waals surface area contributed by atoms with E-state index in [0.29, 0.717) is 0 Å². The van der Waals surface area contributed by atoms with Crippen LogP contribution in [0, 0.1) is 0 Å². The number of nitrogens with zero attached hydrogens (tertiary/aromatic N) is 1. The second-order valence-electron chi connectivity index (χ2n) is 3.49. The summed E-state index contributed by atoms with van der Waals surface area (Å²) in [7, 11) is 0. The van der Waals surface area contributed by atoms with Crippen LogP contribution in [0.4, 0.5) is 4.79 Å². The topological polar surface area (TPSA) is 20.3 Å². The second-order valence-corrected chi connectivity index (χ2v) is 4.46. The van der Waals surface area contributed by atoms with Gasteiger partial charge in [-0.2, -0.15) is 0 Å². The molecule has 0 saturated carbocycles. The molecular formula is C13H13NOS. The fraction of sp³-hybridized carbons (Fsp3) is 0.154. The zero-order valence-corrected chi connectivity index (χ0v) is 9.69. The summed E-state index contributed by atoms with van der Waals surface area (Å²) in [5.41, 5.74) is 1.18. The third-order valence-electron chi connectivity index (χ3n) is 2.48. The Kier molecular flexibility index (Phi) is 3.47. The number of carbonyl (C=O) groups is 1. The minimum atomic E-state index is 0.104. The van der Waals surface area contributed by atoms with Gasteiger partial charge in [0.05, 0.1) is 6.04 Å². The van der Waals surface area contributed by atoms with Crippen LogP contribution in [0.5, 0.6) is 0 Å². The lowest BCUT2D eigenvalue weighted by Crippen LogP contribution is -2.20. The number of rotatable bonds is 3. The van der Waals surface area contributed by atoms with Crippen LogP contribution in [0.1, 0.15) is 11.6 Å². The van der Waals surface area contributed by atoms with Crippen LogP contribution in [-0.4, -0.2) is 15.9 Å². The number of carbonyl (C=O) groups excluding carboxylic acids is 1. The van der Waals surface area contributed by atoms with Crippen molar-refractivity contribution in [3.8, 4) is 0 Å². The molecule has 0 bridgehead atoms. The van der Waals surface area contributed by atoms with Crippen molar-refractivity contribution in [2.75, 3.05) is 5.75 Å². The lowest BCUT2D eigenvalue weighted by molar-refractivity contribution is 0.233. The summed E-state index contributed by atoms with van der Waals surface area (Å²) < 4.78 is 0. The van der Waals surface area contributed by atoms with E-state index < -0.39 is 0 Å². The van der Waals surface area contributed by atoms with Crippen LogP contribution in [0.2, 0.25) is 0 Å². The van der Waals surface area contributed by atoms with Crippen molar-refractivity contribution < 1.29 is 4.79 Å². The van der Waals surface area contributed by atoms with E-state index in [9.17, 15) is 4.79 Å². The smallest absolute Gasteiger partial charge is 0.286 e. The molecule has 1 aliphatic heterocycles. The van der Waals surface area contributed by atoms with Gasteiger partial charge in [0.15, 0.2) is 0 Å². The molecule has 1 aromatic rings. The molecule has 2 nitrogen and oxygen atoms in total. The normalized spacial score (nSPS) is 20.6. The molecule has 1 aliphatic rings. The van der Waals surface area contributed by atoms with Gasteiger partial charge in [0.25, 0.3) is 5.24 Å². The Labute approximate surface area is 99.6 Å². The maximum atomic E-state index is 11.7. The van der Waals surface area contributed by atoms with E-state index in [0.717, 1.165) is 5.75 Å². The predicted octanol–water partition coefficient (Wildman–Crippen LogP) is 3.60. The van der Waals surface area contributed by atoms with Crippen molar-refractivity contribution in [2.24, 2.45) is 0 Å². The molecule has 0 radical (unpaired) electrons. The third-order valence-corrected chi connectivity index (χ3v) is 3.42. The monoisotopic (exact) mass is 231 g/mol. The van der Waals surface area contributed by atoms with Crippen molar-refractivity contribution in [3.63, 3.8) is 0 Å². The van der Waals surface area contributed by atoms with Gasteiger partial charge in [-0.25, -0.2) is 0 Å². The average Bonchev–Trinajstić information content (AvgIpc) is 2.69. The standard InChI is InChI=1S/C13H13NOS/c1-2-3-9-14-12(10-16-13(14)15)11-7-5-4-6-8-11/h2-9,12H,1,10H2/t12-/m1/s1. The van der Waals surface area contributed by atoms with Crippen LogP contribution in [-0.2, 0) is 0 Å². The zero-order valence-electron chi connectivity index (χ0n) is 8.87. The molecular weight excluding hydrogens is 218 g/mol. The molecule has 1 amide bonds. The molecule has 3 heteroatoms. The van der Waals surface area contributed by atoms with Gasteiger partial charge in [0.2, 0.25) is 0 Å². The maximum absolute atomic E-state index is 11.7. The molecule has 1 fully saturated rings. The molecule has 0 unspecified atom stereocenters. The summed E-state index contributed by atoms with van der Waals surface area (Å²) in [6.45, 7) is 3.61. The van der Waals surface area contributed by atoms with Crippen molar-refractivity contribution in [1.82, 2.24) is 4.90 Å². The molecule has 2 rings (SSSR count). The highest BCUT2D eigenvalue weighted by molar-refractivity contribution is 8.13. The van der Waals surface area contributed by atoms with E-state index in [4.69, 9.17) is 0 Å². The van der Waals surface area contributed by atoms with Crippen LogP contribution in [0.15, 0.2) is 55.3 Å². The highest BCUT2D eigenvalue weighted by Gasteiger charge is 2.30. The van der Waals surface area contributed by atoms with Gasteiger partial charge < -0.3 is 4.90 Å². The third kappa shape index (κ3) is 2.19. The van der Waals surface area contributed by atoms with Crippen LogP contribution >= 0.6 is 11.8 Å². The minimum Gasteiger partial charge on any atom is -0.302 e. The summed E-state index contributed by atoms with van der Waals surface area (Å²) in [6, 6.07) is 10.2. The van der Waals surface area contributed by atoms with Gasteiger partial charge in [-0.15, -0.1) is 0 Å². The lowest BCUT2D eigenvalue weighted by Gasteiger charge is -2.19. The Morgan fingerprint density at radius 2 is 2.12 bits per heavy atom. The van der Waals surface area contributed by atoms with E-state index in [2.05, 4.69) is 18.7 Å². The lowest BCUT2D eigenvalue weighted by atomic mass is 10.1. The van der Waals surface area contributed by atoms with E-state index in [1.807, 2.05) is 18.2 Å². The maximum Gasteiger partial charge on any atom is 0.286 e. The highest BCUT2D eigenvalue weighted by Crippen LogP contribution is 2.35. The summed E-state index contributed by atoms with van der Waals surface area (Å²) in [4.78, 5) is 13.4. The first-order chi connectivity index (χ1) is 7.83. The van der Waals surface area contributed by atoms with Gasteiger partial charge in [-0.05, 0) is 11.6 Å². The molecule has 0 aromatic heterocycles. The first-order valence-corrected chi connectivity index (χ1v) is 6.11. The Bertz CT molecular complexity index is 413. The molecule has 1 aromatic carbocycles. The van der Waals surface area contributed by atoms with Crippen LogP contribution < -0.4 is 0 Å². The summed E-state index contributed by atoms with van der Waals surface area (Å²) in [5.74, 6) is 0.810. The number of thioether (sulfide) groups is 1. The number of allylic oxidation sites excluding steroid dienone is 2. The number of benzene rings is 1. The second kappa shape index (κ2) is 5.03.